The summed E-state index contributed by atoms with van der Waals surface area (Å²) in [5.74, 6) is 1.33. The lowest BCUT2D eigenvalue weighted by atomic mass is 9.97. The number of rotatable bonds is 2. The highest BCUT2D eigenvalue weighted by Gasteiger charge is 2.25. The fourth-order valence-electron chi connectivity index (χ4n) is 2.09. The second-order valence-electron chi connectivity index (χ2n) is 3.86. The summed E-state index contributed by atoms with van der Waals surface area (Å²) in [7, 11) is 0. The van der Waals surface area contributed by atoms with Crippen molar-refractivity contribution in [1.29, 1.82) is 0 Å². The zero-order valence-corrected chi connectivity index (χ0v) is 7.99. The van der Waals surface area contributed by atoms with Crippen molar-refractivity contribution in [3.05, 3.63) is 17.8 Å². The van der Waals surface area contributed by atoms with E-state index in [-0.39, 0.29) is 6.04 Å². The molecule has 1 aromatic rings. The molecule has 0 bridgehead atoms. The molecule has 1 unspecified atom stereocenters. The SMILES string of the molecule is Cc1nc(C(N)C2CCCC2)co1. The Balaban J connectivity index is 2.07. The number of aryl methyl sites for hydroxylation is 1. The smallest absolute Gasteiger partial charge is 0.191 e. The highest BCUT2D eigenvalue weighted by molar-refractivity contribution is 5.04. The molecule has 3 nitrogen and oxygen atoms in total. The van der Waals surface area contributed by atoms with Gasteiger partial charge in [-0.05, 0) is 18.8 Å². The number of aromatic nitrogens is 1. The van der Waals surface area contributed by atoms with Gasteiger partial charge in [0.05, 0.1) is 11.7 Å². The van der Waals surface area contributed by atoms with Crippen LogP contribution in [0.4, 0.5) is 0 Å². The minimum atomic E-state index is 0.0833. The van der Waals surface area contributed by atoms with Gasteiger partial charge in [0.1, 0.15) is 6.26 Å². The maximum atomic E-state index is 6.09. The van der Waals surface area contributed by atoms with E-state index in [1.165, 1.54) is 25.7 Å². The molecule has 1 saturated carbocycles. The topological polar surface area (TPSA) is 52.0 Å². The third-order valence-electron chi connectivity index (χ3n) is 2.89. The summed E-state index contributed by atoms with van der Waals surface area (Å²) in [5.41, 5.74) is 7.01. The molecule has 1 fully saturated rings. The second kappa shape index (κ2) is 3.50. The van der Waals surface area contributed by atoms with Gasteiger partial charge in [0.2, 0.25) is 0 Å². The molecule has 0 saturated heterocycles. The van der Waals surface area contributed by atoms with E-state index < -0.39 is 0 Å². The molecule has 3 heteroatoms. The molecular formula is C10H16N2O. The van der Waals surface area contributed by atoms with Crippen molar-refractivity contribution < 1.29 is 4.42 Å². The molecule has 0 amide bonds. The van der Waals surface area contributed by atoms with E-state index >= 15 is 0 Å². The van der Waals surface area contributed by atoms with E-state index in [1.807, 2.05) is 6.92 Å². The van der Waals surface area contributed by atoms with Crippen molar-refractivity contribution in [3.8, 4) is 0 Å². The Kier molecular flexibility index (Phi) is 2.36. The quantitative estimate of drug-likeness (QED) is 0.758. The van der Waals surface area contributed by atoms with Crippen LogP contribution in [-0.2, 0) is 0 Å². The van der Waals surface area contributed by atoms with Gasteiger partial charge in [-0.1, -0.05) is 12.8 Å². The first-order valence-electron chi connectivity index (χ1n) is 4.95. The lowest BCUT2D eigenvalue weighted by molar-refractivity contribution is 0.435. The predicted molar refractivity (Wildman–Crippen MR) is 50.1 cm³/mol. The molecule has 72 valence electrons. The van der Waals surface area contributed by atoms with Gasteiger partial charge in [0.15, 0.2) is 5.89 Å². The zero-order valence-electron chi connectivity index (χ0n) is 7.99. The van der Waals surface area contributed by atoms with E-state index in [0.29, 0.717) is 11.8 Å². The van der Waals surface area contributed by atoms with Crippen LogP contribution < -0.4 is 5.73 Å². The summed E-state index contributed by atoms with van der Waals surface area (Å²) in [6.45, 7) is 1.85. The second-order valence-corrected chi connectivity index (χ2v) is 3.86. The molecule has 1 aromatic heterocycles. The number of oxazole rings is 1. The first kappa shape index (κ1) is 8.75. The lowest BCUT2D eigenvalue weighted by Crippen LogP contribution is -2.19. The molecule has 1 heterocycles. The van der Waals surface area contributed by atoms with E-state index in [4.69, 9.17) is 10.2 Å². The van der Waals surface area contributed by atoms with Crippen LogP contribution in [0, 0.1) is 12.8 Å². The molecule has 0 aromatic carbocycles. The molecule has 0 radical (unpaired) electrons. The Labute approximate surface area is 78.3 Å². The summed E-state index contributed by atoms with van der Waals surface area (Å²) in [6.07, 6.45) is 6.81. The summed E-state index contributed by atoms with van der Waals surface area (Å²) in [5, 5.41) is 0. The summed E-state index contributed by atoms with van der Waals surface area (Å²) in [4.78, 5) is 4.26. The number of nitrogens with zero attached hydrogens (tertiary/aromatic N) is 1. The number of hydrogen-bond acceptors (Lipinski definition) is 3. The first-order valence-corrected chi connectivity index (χ1v) is 4.95. The van der Waals surface area contributed by atoms with Crippen molar-refractivity contribution in [1.82, 2.24) is 4.98 Å². The molecule has 1 atom stereocenters. The molecule has 1 aliphatic carbocycles. The standard InChI is InChI=1S/C10H16N2O/c1-7-12-9(6-13-7)10(11)8-4-2-3-5-8/h6,8,10H,2-5,11H2,1H3. The monoisotopic (exact) mass is 180 g/mol. The maximum absolute atomic E-state index is 6.09. The van der Waals surface area contributed by atoms with Gasteiger partial charge in [0, 0.05) is 6.92 Å². The van der Waals surface area contributed by atoms with Gasteiger partial charge < -0.3 is 10.2 Å². The Bertz CT molecular complexity index is 276. The van der Waals surface area contributed by atoms with Crippen molar-refractivity contribution in [2.75, 3.05) is 0 Å². The Morgan fingerprint density at radius 1 is 1.54 bits per heavy atom. The summed E-state index contributed by atoms with van der Waals surface area (Å²) < 4.78 is 5.15. The minimum absolute atomic E-state index is 0.0833. The first-order chi connectivity index (χ1) is 6.27. The lowest BCUT2D eigenvalue weighted by Gasteiger charge is -2.15. The Morgan fingerprint density at radius 3 is 2.77 bits per heavy atom. The van der Waals surface area contributed by atoms with Crippen LogP contribution in [0.15, 0.2) is 10.7 Å². The molecule has 0 spiro atoms. The Morgan fingerprint density at radius 2 is 2.23 bits per heavy atom. The predicted octanol–water partition coefficient (Wildman–Crippen LogP) is 2.17. The van der Waals surface area contributed by atoms with Gasteiger partial charge in [-0.25, -0.2) is 4.98 Å². The Hall–Kier alpha value is -0.830. The largest absolute Gasteiger partial charge is 0.449 e. The van der Waals surface area contributed by atoms with Crippen molar-refractivity contribution >= 4 is 0 Å². The average Bonchev–Trinajstić information content (AvgIpc) is 2.72. The van der Waals surface area contributed by atoms with Crippen molar-refractivity contribution in [3.63, 3.8) is 0 Å². The van der Waals surface area contributed by atoms with Gasteiger partial charge in [-0.3, -0.25) is 0 Å². The normalized spacial score (nSPS) is 20.8. The van der Waals surface area contributed by atoms with E-state index in [9.17, 15) is 0 Å². The van der Waals surface area contributed by atoms with Gasteiger partial charge in [0.25, 0.3) is 0 Å². The molecule has 1 aliphatic rings. The maximum Gasteiger partial charge on any atom is 0.191 e. The van der Waals surface area contributed by atoms with Gasteiger partial charge >= 0.3 is 0 Å². The van der Waals surface area contributed by atoms with Crippen LogP contribution in [-0.4, -0.2) is 4.98 Å². The third-order valence-corrected chi connectivity index (χ3v) is 2.89. The molecule has 2 N–H and O–H groups in total. The van der Waals surface area contributed by atoms with Gasteiger partial charge in [-0.15, -0.1) is 0 Å². The molecule has 0 aliphatic heterocycles. The van der Waals surface area contributed by atoms with Crippen LogP contribution in [0.25, 0.3) is 0 Å². The number of nitrogens with two attached hydrogens (primary N) is 1. The van der Waals surface area contributed by atoms with Crippen molar-refractivity contribution in [2.45, 2.75) is 38.6 Å². The molecular weight excluding hydrogens is 164 g/mol. The highest BCUT2D eigenvalue weighted by atomic mass is 16.3. The van der Waals surface area contributed by atoms with Crippen molar-refractivity contribution in [2.24, 2.45) is 11.7 Å². The molecule has 13 heavy (non-hydrogen) atoms. The highest BCUT2D eigenvalue weighted by Crippen LogP contribution is 2.33. The summed E-state index contributed by atoms with van der Waals surface area (Å²) in [6, 6.07) is 0.0833. The van der Waals surface area contributed by atoms with Crippen LogP contribution >= 0.6 is 0 Å². The average molecular weight is 180 g/mol. The van der Waals surface area contributed by atoms with E-state index in [0.717, 1.165) is 5.69 Å². The summed E-state index contributed by atoms with van der Waals surface area (Å²) >= 11 is 0. The zero-order chi connectivity index (χ0) is 9.26. The van der Waals surface area contributed by atoms with Crippen LogP contribution in [0.5, 0.6) is 0 Å². The van der Waals surface area contributed by atoms with E-state index in [2.05, 4.69) is 4.98 Å². The minimum Gasteiger partial charge on any atom is -0.449 e. The van der Waals surface area contributed by atoms with Gasteiger partial charge in [-0.2, -0.15) is 0 Å². The van der Waals surface area contributed by atoms with Crippen LogP contribution in [0.3, 0.4) is 0 Å². The van der Waals surface area contributed by atoms with Crippen LogP contribution in [0.2, 0.25) is 0 Å². The molecule has 2 rings (SSSR count). The fourth-order valence-corrected chi connectivity index (χ4v) is 2.09. The van der Waals surface area contributed by atoms with E-state index in [1.54, 1.807) is 6.26 Å². The third kappa shape index (κ3) is 1.75. The fraction of sp³-hybridized carbons (Fsp3) is 0.700. The number of hydrogen-bond donors (Lipinski definition) is 1. The van der Waals surface area contributed by atoms with Crippen LogP contribution in [0.1, 0.15) is 43.3 Å².